The van der Waals surface area contributed by atoms with E-state index in [0.717, 1.165) is 0 Å². The minimum Gasteiger partial charge on any atom is -0.275 e. The Morgan fingerprint density at radius 3 is 2.35 bits per heavy atom. The Balaban J connectivity index is 3.16. The second-order valence-corrected chi connectivity index (χ2v) is 3.48. The second kappa shape index (κ2) is 5.72. The van der Waals surface area contributed by atoms with Gasteiger partial charge in [-0.15, -0.1) is 0 Å². The van der Waals surface area contributed by atoms with Gasteiger partial charge in [0.1, 0.15) is 18.2 Å². The van der Waals surface area contributed by atoms with Crippen molar-refractivity contribution in [3.8, 4) is 18.2 Å². The van der Waals surface area contributed by atoms with Crippen LogP contribution < -0.4 is 5.43 Å². The van der Waals surface area contributed by atoms with Gasteiger partial charge in [0.05, 0.1) is 21.3 Å². The zero-order valence-electron chi connectivity index (χ0n) is 8.20. The van der Waals surface area contributed by atoms with Crippen molar-refractivity contribution in [1.29, 1.82) is 15.8 Å². The van der Waals surface area contributed by atoms with Crippen LogP contribution in [0.2, 0.25) is 10.0 Å². The van der Waals surface area contributed by atoms with Crippen molar-refractivity contribution in [2.45, 2.75) is 0 Å². The van der Waals surface area contributed by atoms with E-state index < -0.39 is 0 Å². The van der Waals surface area contributed by atoms with Gasteiger partial charge in [-0.1, -0.05) is 23.2 Å². The molecule has 1 N–H and O–H groups in total. The van der Waals surface area contributed by atoms with Gasteiger partial charge in [-0.25, -0.2) is 0 Å². The standard InChI is InChI=1S/C10H3Cl2N5/c11-8-1-2-9(7(5-15)10(8)12)17-16-6(3-13)4-14/h1-2,17H. The van der Waals surface area contributed by atoms with Gasteiger partial charge in [0.25, 0.3) is 0 Å². The predicted octanol–water partition coefficient (Wildman–Crippen LogP) is 2.68. The van der Waals surface area contributed by atoms with Crippen molar-refractivity contribution < 1.29 is 0 Å². The normalized spacial score (nSPS) is 8.41. The van der Waals surface area contributed by atoms with Gasteiger partial charge in [-0.05, 0) is 12.1 Å². The average molecular weight is 264 g/mol. The third-order valence-corrected chi connectivity index (χ3v) is 2.51. The van der Waals surface area contributed by atoms with Crippen LogP contribution in [0.1, 0.15) is 5.56 Å². The summed E-state index contributed by atoms with van der Waals surface area (Å²) in [6.45, 7) is 0. The van der Waals surface area contributed by atoms with E-state index in [9.17, 15) is 0 Å². The minimum atomic E-state index is -0.361. The van der Waals surface area contributed by atoms with E-state index in [1.807, 2.05) is 6.07 Å². The van der Waals surface area contributed by atoms with Gasteiger partial charge in [-0.2, -0.15) is 20.9 Å². The predicted molar refractivity (Wildman–Crippen MR) is 63.5 cm³/mol. The van der Waals surface area contributed by atoms with Gasteiger partial charge < -0.3 is 0 Å². The number of nitriles is 3. The molecule has 1 aromatic rings. The molecule has 0 aromatic heterocycles. The van der Waals surface area contributed by atoms with Crippen LogP contribution in [0.5, 0.6) is 0 Å². The number of benzene rings is 1. The third kappa shape index (κ3) is 2.86. The molecular weight excluding hydrogens is 261 g/mol. The Morgan fingerprint density at radius 2 is 1.82 bits per heavy atom. The zero-order valence-corrected chi connectivity index (χ0v) is 9.71. The van der Waals surface area contributed by atoms with Gasteiger partial charge in [0.2, 0.25) is 5.71 Å². The number of anilines is 1. The average Bonchev–Trinajstić information content (AvgIpc) is 2.35. The lowest BCUT2D eigenvalue weighted by Crippen LogP contribution is -1.98. The van der Waals surface area contributed by atoms with E-state index in [1.165, 1.54) is 12.1 Å². The summed E-state index contributed by atoms with van der Waals surface area (Å²) in [5.41, 5.74) is 2.41. The molecule has 7 heteroatoms. The first-order chi connectivity index (χ1) is 8.13. The monoisotopic (exact) mass is 263 g/mol. The molecule has 0 aliphatic heterocycles. The van der Waals surface area contributed by atoms with Crippen molar-refractivity contribution >= 4 is 34.6 Å². The van der Waals surface area contributed by atoms with Crippen LogP contribution in [0.4, 0.5) is 5.69 Å². The van der Waals surface area contributed by atoms with Gasteiger partial charge >= 0.3 is 0 Å². The first-order valence-electron chi connectivity index (χ1n) is 4.16. The summed E-state index contributed by atoms with van der Waals surface area (Å²) in [5.74, 6) is 0. The molecule has 0 saturated heterocycles. The number of nitrogens with one attached hydrogen (secondary N) is 1. The molecule has 0 aliphatic carbocycles. The fourth-order valence-corrected chi connectivity index (χ4v) is 1.31. The van der Waals surface area contributed by atoms with Gasteiger partial charge in [-0.3, -0.25) is 5.43 Å². The molecule has 1 aromatic carbocycles. The molecule has 0 unspecified atom stereocenters. The molecule has 1 rings (SSSR count). The van der Waals surface area contributed by atoms with Crippen LogP contribution in [0, 0.1) is 34.0 Å². The topological polar surface area (TPSA) is 95.8 Å². The summed E-state index contributed by atoms with van der Waals surface area (Å²) in [6, 6.07) is 7.94. The maximum absolute atomic E-state index is 8.89. The van der Waals surface area contributed by atoms with E-state index in [-0.39, 0.29) is 27.0 Å². The van der Waals surface area contributed by atoms with Crippen molar-refractivity contribution in [1.82, 2.24) is 0 Å². The Hall–Kier alpha value is -2.26. The number of halogens is 2. The Morgan fingerprint density at radius 1 is 1.18 bits per heavy atom. The highest BCUT2D eigenvalue weighted by Gasteiger charge is 2.10. The Kier molecular flexibility index (Phi) is 4.31. The van der Waals surface area contributed by atoms with E-state index in [0.29, 0.717) is 0 Å². The molecule has 0 heterocycles. The third-order valence-electron chi connectivity index (χ3n) is 1.71. The summed E-state index contributed by atoms with van der Waals surface area (Å²) < 4.78 is 0. The molecule has 0 bridgehead atoms. The molecule has 0 spiro atoms. The summed E-state index contributed by atoms with van der Waals surface area (Å²) in [6.07, 6.45) is 0. The quantitative estimate of drug-likeness (QED) is 0.655. The minimum absolute atomic E-state index is 0.0878. The molecule has 0 atom stereocenters. The van der Waals surface area contributed by atoms with Crippen molar-refractivity contribution in [2.24, 2.45) is 5.10 Å². The van der Waals surface area contributed by atoms with Crippen LogP contribution in [-0.4, -0.2) is 5.71 Å². The van der Waals surface area contributed by atoms with Crippen molar-refractivity contribution in [2.75, 3.05) is 5.43 Å². The number of hydrogen-bond acceptors (Lipinski definition) is 5. The number of rotatable bonds is 2. The maximum Gasteiger partial charge on any atom is 0.237 e. The SMILES string of the molecule is N#CC(C#N)=NNc1ccc(Cl)c(Cl)c1C#N. The summed E-state index contributed by atoms with van der Waals surface area (Å²) >= 11 is 11.5. The number of hydrazone groups is 1. The smallest absolute Gasteiger partial charge is 0.237 e. The summed E-state index contributed by atoms with van der Waals surface area (Å²) in [4.78, 5) is 0. The van der Waals surface area contributed by atoms with Crippen molar-refractivity contribution in [3.63, 3.8) is 0 Å². The van der Waals surface area contributed by atoms with Crippen molar-refractivity contribution in [3.05, 3.63) is 27.7 Å². The first kappa shape index (κ1) is 12.8. The Bertz CT molecular complexity index is 585. The summed E-state index contributed by atoms with van der Waals surface area (Å²) in [7, 11) is 0. The van der Waals surface area contributed by atoms with Crippen LogP contribution in [0.25, 0.3) is 0 Å². The van der Waals surface area contributed by atoms with E-state index in [1.54, 1.807) is 12.1 Å². The molecule has 5 nitrogen and oxygen atoms in total. The molecule has 0 fully saturated rings. The van der Waals surface area contributed by atoms with E-state index in [2.05, 4.69) is 10.5 Å². The highest BCUT2D eigenvalue weighted by atomic mass is 35.5. The van der Waals surface area contributed by atoms with Crippen LogP contribution in [0.15, 0.2) is 17.2 Å². The fourth-order valence-electron chi connectivity index (χ4n) is 0.944. The largest absolute Gasteiger partial charge is 0.275 e. The van der Waals surface area contributed by atoms with Crippen LogP contribution >= 0.6 is 23.2 Å². The highest BCUT2D eigenvalue weighted by molar-refractivity contribution is 6.43. The lowest BCUT2D eigenvalue weighted by molar-refractivity contribution is 1.32. The first-order valence-corrected chi connectivity index (χ1v) is 4.91. The Labute approximate surface area is 107 Å². The van der Waals surface area contributed by atoms with E-state index in [4.69, 9.17) is 39.0 Å². The van der Waals surface area contributed by atoms with Crippen LogP contribution in [-0.2, 0) is 0 Å². The molecule has 82 valence electrons. The lowest BCUT2D eigenvalue weighted by atomic mass is 10.2. The highest BCUT2D eigenvalue weighted by Crippen LogP contribution is 2.30. The molecule has 0 saturated carbocycles. The molecule has 17 heavy (non-hydrogen) atoms. The van der Waals surface area contributed by atoms with Crippen LogP contribution in [0.3, 0.4) is 0 Å². The zero-order chi connectivity index (χ0) is 12.8. The maximum atomic E-state index is 8.89. The number of hydrogen-bond donors (Lipinski definition) is 1. The second-order valence-electron chi connectivity index (χ2n) is 2.69. The summed E-state index contributed by atoms with van der Waals surface area (Å²) in [5, 5.41) is 29.7. The molecule has 0 amide bonds. The lowest BCUT2D eigenvalue weighted by Gasteiger charge is -2.05. The fraction of sp³-hybridized carbons (Fsp3) is 0. The van der Waals surface area contributed by atoms with E-state index >= 15 is 0 Å². The molecule has 0 radical (unpaired) electrons. The number of nitrogens with zero attached hydrogens (tertiary/aromatic N) is 4. The molecule has 0 aliphatic rings. The molecular formula is C10H3Cl2N5. The van der Waals surface area contributed by atoms with Gasteiger partial charge in [0, 0.05) is 0 Å². The van der Waals surface area contributed by atoms with Gasteiger partial charge in [0.15, 0.2) is 0 Å².